The van der Waals surface area contributed by atoms with E-state index in [1.807, 2.05) is 0 Å². The van der Waals surface area contributed by atoms with E-state index in [1.54, 1.807) is 0 Å². The van der Waals surface area contributed by atoms with Crippen molar-refractivity contribution in [1.29, 1.82) is 0 Å². The molecule has 1 aliphatic carbocycles. The molecule has 0 radical (unpaired) electrons. The van der Waals surface area contributed by atoms with E-state index in [0.717, 1.165) is 12.8 Å². The van der Waals surface area contributed by atoms with Crippen molar-refractivity contribution >= 4 is 0 Å². The van der Waals surface area contributed by atoms with Crippen molar-refractivity contribution in [3.05, 3.63) is 35.1 Å². The van der Waals surface area contributed by atoms with Crippen LogP contribution in [0.25, 0.3) is 0 Å². The SMILES string of the molecule is NC(c1c(F)cc(F)cc1F)C1CC1. The fourth-order valence-electron chi connectivity index (χ4n) is 1.56. The molecule has 1 aliphatic rings. The van der Waals surface area contributed by atoms with Gasteiger partial charge in [0.1, 0.15) is 17.5 Å². The lowest BCUT2D eigenvalue weighted by Gasteiger charge is -2.12. The van der Waals surface area contributed by atoms with Crippen LogP contribution < -0.4 is 5.73 Å². The third-order valence-electron chi connectivity index (χ3n) is 2.51. The highest BCUT2D eigenvalue weighted by atomic mass is 19.1. The van der Waals surface area contributed by atoms with Gasteiger partial charge in [-0.1, -0.05) is 0 Å². The van der Waals surface area contributed by atoms with E-state index in [-0.39, 0.29) is 11.5 Å². The van der Waals surface area contributed by atoms with Crippen LogP contribution in [0.5, 0.6) is 0 Å². The quantitative estimate of drug-likeness (QED) is 0.781. The first-order chi connectivity index (χ1) is 6.59. The van der Waals surface area contributed by atoms with Gasteiger partial charge in [-0.2, -0.15) is 0 Å². The maximum Gasteiger partial charge on any atom is 0.133 e. The summed E-state index contributed by atoms with van der Waals surface area (Å²) in [6, 6.07) is 0.692. The van der Waals surface area contributed by atoms with Crippen LogP contribution in [0.1, 0.15) is 24.4 Å². The minimum Gasteiger partial charge on any atom is -0.324 e. The summed E-state index contributed by atoms with van der Waals surface area (Å²) in [6.45, 7) is 0. The molecule has 1 unspecified atom stereocenters. The average Bonchev–Trinajstić information content (AvgIpc) is 2.83. The first-order valence-corrected chi connectivity index (χ1v) is 4.49. The van der Waals surface area contributed by atoms with E-state index in [0.29, 0.717) is 12.1 Å². The molecule has 14 heavy (non-hydrogen) atoms. The van der Waals surface area contributed by atoms with E-state index >= 15 is 0 Å². The van der Waals surface area contributed by atoms with Crippen LogP contribution in [0.2, 0.25) is 0 Å². The van der Waals surface area contributed by atoms with Crippen molar-refractivity contribution in [3.63, 3.8) is 0 Å². The summed E-state index contributed by atoms with van der Waals surface area (Å²) in [5.41, 5.74) is 5.46. The van der Waals surface area contributed by atoms with Crippen molar-refractivity contribution in [2.24, 2.45) is 11.7 Å². The standard InChI is InChI=1S/C10H10F3N/c11-6-3-7(12)9(8(13)4-6)10(14)5-1-2-5/h3-5,10H,1-2,14H2. The van der Waals surface area contributed by atoms with Gasteiger partial charge in [-0.3, -0.25) is 0 Å². The molecule has 0 bridgehead atoms. The van der Waals surface area contributed by atoms with E-state index in [2.05, 4.69) is 0 Å². The molecule has 0 saturated heterocycles. The largest absolute Gasteiger partial charge is 0.324 e. The van der Waals surface area contributed by atoms with Gasteiger partial charge < -0.3 is 5.73 Å². The van der Waals surface area contributed by atoms with Gasteiger partial charge in [0.15, 0.2) is 0 Å². The normalized spacial score (nSPS) is 18.3. The number of nitrogens with two attached hydrogens (primary N) is 1. The summed E-state index contributed by atoms with van der Waals surface area (Å²) in [5.74, 6) is -2.54. The van der Waals surface area contributed by atoms with E-state index < -0.39 is 23.5 Å². The van der Waals surface area contributed by atoms with Gasteiger partial charge in [0, 0.05) is 23.7 Å². The van der Waals surface area contributed by atoms with Crippen molar-refractivity contribution in [3.8, 4) is 0 Å². The highest BCUT2D eigenvalue weighted by Gasteiger charge is 2.33. The van der Waals surface area contributed by atoms with Gasteiger partial charge in [-0.15, -0.1) is 0 Å². The van der Waals surface area contributed by atoms with Crippen LogP contribution in [0.15, 0.2) is 12.1 Å². The minimum absolute atomic E-state index is 0.143. The Morgan fingerprint density at radius 1 is 1.14 bits per heavy atom. The number of benzene rings is 1. The van der Waals surface area contributed by atoms with E-state index in [4.69, 9.17) is 5.73 Å². The molecule has 0 aromatic heterocycles. The number of rotatable bonds is 2. The van der Waals surface area contributed by atoms with Crippen molar-refractivity contribution in [1.82, 2.24) is 0 Å². The zero-order chi connectivity index (χ0) is 10.3. The van der Waals surface area contributed by atoms with Crippen molar-refractivity contribution in [2.45, 2.75) is 18.9 Å². The van der Waals surface area contributed by atoms with Crippen LogP contribution >= 0.6 is 0 Å². The van der Waals surface area contributed by atoms with Crippen molar-refractivity contribution in [2.75, 3.05) is 0 Å². The van der Waals surface area contributed by atoms with Crippen LogP contribution in [0.4, 0.5) is 13.2 Å². The highest BCUT2D eigenvalue weighted by molar-refractivity contribution is 5.25. The Hall–Kier alpha value is -1.03. The summed E-state index contributed by atoms with van der Waals surface area (Å²) >= 11 is 0. The molecule has 4 heteroatoms. The first kappa shape index (κ1) is 9.52. The lowest BCUT2D eigenvalue weighted by molar-refractivity contribution is 0.486. The Labute approximate surface area is 79.7 Å². The number of hydrogen-bond donors (Lipinski definition) is 1. The smallest absolute Gasteiger partial charge is 0.133 e. The summed E-state index contributed by atoms with van der Waals surface area (Å²) in [5, 5.41) is 0. The number of hydrogen-bond acceptors (Lipinski definition) is 1. The zero-order valence-corrected chi connectivity index (χ0v) is 7.43. The topological polar surface area (TPSA) is 26.0 Å². The summed E-state index contributed by atoms with van der Waals surface area (Å²) in [7, 11) is 0. The summed E-state index contributed by atoms with van der Waals surface area (Å²) in [6.07, 6.45) is 1.77. The molecule has 1 atom stereocenters. The Morgan fingerprint density at radius 3 is 2.07 bits per heavy atom. The predicted octanol–water partition coefficient (Wildman–Crippen LogP) is 2.51. The second kappa shape index (κ2) is 3.28. The van der Waals surface area contributed by atoms with Crippen LogP contribution in [0.3, 0.4) is 0 Å². The Balaban J connectivity index is 2.40. The maximum absolute atomic E-state index is 13.2. The van der Waals surface area contributed by atoms with Gasteiger partial charge >= 0.3 is 0 Å². The molecule has 0 aliphatic heterocycles. The zero-order valence-electron chi connectivity index (χ0n) is 7.43. The predicted molar refractivity (Wildman–Crippen MR) is 46.0 cm³/mol. The monoisotopic (exact) mass is 201 g/mol. The van der Waals surface area contributed by atoms with Gasteiger partial charge in [-0.05, 0) is 18.8 Å². The average molecular weight is 201 g/mol. The Morgan fingerprint density at radius 2 is 1.64 bits per heavy atom. The van der Waals surface area contributed by atoms with Crippen LogP contribution in [-0.2, 0) is 0 Å². The lowest BCUT2D eigenvalue weighted by atomic mass is 10.0. The third kappa shape index (κ3) is 1.62. The van der Waals surface area contributed by atoms with Gasteiger partial charge in [0.05, 0.1) is 0 Å². The molecule has 76 valence electrons. The molecule has 1 aromatic carbocycles. The van der Waals surface area contributed by atoms with E-state index in [1.165, 1.54) is 0 Å². The Bertz CT molecular complexity index is 337. The second-order valence-electron chi connectivity index (χ2n) is 3.65. The molecule has 1 nitrogen and oxygen atoms in total. The lowest BCUT2D eigenvalue weighted by Crippen LogP contribution is -2.16. The molecule has 1 fully saturated rings. The molecule has 1 saturated carbocycles. The van der Waals surface area contributed by atoms with Gasteiger partial charge in [0.2, 0.25) is 0 Å². The minimum atomic E-state index is -0.910. The summed E-state index contributed by atoms with van der Waals surface area (Å²) < 4.78 is 38.9. The fraction of sp³-hybridized carbons (Fsp3) is 0.400. The fourth-order valence-corrected chi connectivity index (χ4v) is 1.56. The maximum atomic E-state index is 13.2. The molecule has 0 heterocycles. The Kier molecular flexibility index (Phi) is 2.23. The number of halogens is 3. The van der Waals surface area contributed by atoms with Crippen molar-refractivity contribution < 1.29 is 13.2 Å². The van der Waals surface area contributed by atoms with E-state index in [9.17, 15) is 13.2 Å². The van der Waals surface area contributed by atoms with Crippen LogP contribution in [0, 0.1) is 23.4 Å². The van der Waals surface area contributed by atoms with Gasteiger partial charge in [0.25, 0.3) is 0 Å². The third-order valence-corrected chi connectivity index (χ3v) is 2.51. The molecule has 0 amide bonds. The molecule has 2 N–H and O–H groups in total. The second-order valence-corrected chi connectivity index (χ2v) is 3.65. The molecular weight excluding hydrogens is 191 g/mol. The van der Waals surface area contributed by atoms with Crippen LogP contribution in [-0.4, -0.2) is 0 Å². The van der Waals surface area contributed by atoms with Gasteiger partial charge in [-0.25, -0.2) is 13.2 Å². The molecule has 2 rings (SSSR count). The molecule has 0 spiro atoms. The molecule has 1 aromatic rings. The summed E-state index contributed by atoms with van der Waals surface area (Å²) in [4.78, 5) is 0. The highest BCUT2D eigenvalue weighted by Crippen LogP contribution is 2.40. The first-order valence-electron chi connectivity index (χ1n) is 4.49. The molecular formula is C10H10F3N.